The molecule has 3 unspecified atom stereocenters. The van der Waals surface area contributed by atoms with Crippen LogP contribution in [0.15, 0.2) is 34.3 Å². The lowest BCUT2D eigenvalue weighted by Crippen LogP contribution is -2.39. The van der Waals surface area contributed by atoms with E-state index < -0.39 is 16.1 Å². The minimum Gasteiger partial charge on any atom is -0.507 e. The Kier molecular flexibility index (Phi) is 8.14. The molecule has 4 rings (SSSR count). The highest BCUT2D eigenvalue weighted by atomic mass is 28.3. The molecule has 2 bridgehead atoms. The predicted molar refractivity (Wildman–Crippen MR) is 183 cm³/mol. The SMILES string of the molecule is CC(C)(C)c1cc([Si](C)(C)C)cc(C=NC2CC3CCC2(N=Cc2cc([Si](C)(C)C)cc(C(C)(C)C)c2O)C3)c1O. The zero-order valence-corrected chi connectivity index (χ0v) is 29.7. The number of rotatable bonds is 6. The molecule has 2 aliphatic rings. The van der Waals surface area contributed by atoms with Gasteiger partial charge in [-0.15, -0.1) is 0 Å². The molecule has 2 aliphatic carbocycles. The van der Waals surface area contributed by atoms with Crippen molar-refractivity contribution in [1.29, 1.82) is 0 Å². The normalized spacial score (nSPS) is 23.8. The van der Waals surface area contributed by atoms with Crippen molar-refractivity contribution in [2.45, 2.75) is 129 Å². The standard InChI is InChI=1S/C35H54N2O2Si2/c1-33(2,3)28-18-26(40(7,8)9)16-24(31(28)38)21-36-30-15-23-13-14-35(30,20-23)37-22-25-17-27(41(10,11)12)19-29(32(25)39)34(4,5)6/h16-19,21-23,30,38-39H,13-15,20H2,1-12H3. The molecule has 0 saturated heterocycles. The van der Waals surface area contributed by atoms with Gasteiger partial charge in [0.1, 0.15) is 11.5 Å². The van der Waals surface area contributed by atoms with Crippen LogP contribution in [-0.2, 0) is 10.8 Å². The number of hydrogen-bond donors (Lipinski definition) is 2. The van der Waals surface area contributed by atoms with E-state index in [0.717, 1.165) is 41.5 Å². The number of phenolic OH excluding ortho intramolecular Hbond substituents is 2. The molecular formula is C35H54N2O2Si2. The van der Waals surface area contributed by atoms with Crippen LogP contribution >= 0.6 is 0 Å². The molecule has 0 aliphatic heterocycles. The summed E-state index contributed by atoms with van der Waals surface area (Å²) in [5.41, 5.74) is 3.09. The molecule has 224 valence electrons. The fourth-order valence-corrected chi connectivity index (χ4v) is 8.82. The van der Waals surface area contributed by atoms with Gasteiger partial charge in [0.2, 0.25) is 0 Å². The third-order valence-corrected chi connectivity index (χ3v) is 13.3. The molecule has 41 heavy (non-hydrogen) atoms. The van der Waals surface area contributed by atoms with E-state index in [1.165, 1.54) is 16.8 Å². The Balaban J connectivity index is 1.74. The third kappa shape index (κ3) is 6.59. The Morgan fingerprint density at radius 2 is 1.22 bits per heavy atom. The highest BCUT2D eigenvalue weighted by Crippen LogP contribution is 2.52. The van der Waals surface area contributed by atoms with Gasteiger partial charge in [0, 0.05) is 23.6 Å². The van der Waals surface area contributed by atoms with Crippen LogP contribution < -0.4 is 10.4 Å². The molecule has 2 aromatic carbocycles. The summed E-state index contributed by atoms with van der Waals surface area (Å²) in [5.74, 6) is 1.34. The molecule has 2 N–H and O–H groups in total. The highest BCUT2D eigenvalue weighted by Gasteiger charge is 2.52. The molecule has 0 aromatic heterocycles. The van der Waals surface area contributed by atoms with Crippen molar-refractivity contribution in [3.8, 4) is 11.5 Å². The third-order valence-electron chi connectivity index (χ3n) is 9.29. The van der Waals surface area contributed by atoms with E-state index in [2.05, 4.69) is 105 Å². The average molecular weight is 591 g/mol. The second-order valence-electron chi connectivity index (χ2n) is 16.9. The lowest BCUT2D eigenvalue weighted by molar-refractivity contribution is 0.367. The molecule has 3 atom stereocenters. The maximum atomic E-state index is 11.4. The fourth-order valence-electron chi connectivity index (χ4n) is 6.49. The summed E-state index contributed by atoms with van der Waals surface area (Å²) in [5, 5.41) is 25.4. The molecule has 6 heteroatoms. The lowest BCUT2D eigenvalue weighted by Gasteiger charge is -2.30. The van der Waals surface area contributed by atoms with Crippen molar-refractivity contribution in [2.75, 3.05) is 0 Å². The molecule has 0 radical (unpaired) electrons. The van der Waals surface area contributed by atoms with Crippen molar-refractivity contribution in [1.82, 2.24) is 0 Å². The van der Waals surface area contributed by atoms with Crippen LogP contribution in [0.5, 0.6) is 11.5 Å². The Hall–Kier alpha value is -2.19. The first kappa shape index (κ1) is 31.7. The molecular weight excluding hydrogens is 537 g/mol. The van der Waals surface area contributed by atoms with Crippen LogP contribution in [0.4, 0.5) is 0 Å². The largest absolute Gasteiger partial charge is 0.507 e. The van der Waals surface area contributed by atoms with Crippen LogP contribution in [0.25, 0.3) is 0 Å². The van der Waals surface area contributed by atoms with E-state index in [0.29, 0.717) is 17.4 Å². The second-order valence-corrected chi connectivity index (χ2v) is 27.1. The number of nitrogens with zero attached hydrogens (tertiary/aromatic N) is 2. The summed E-state index contributed by atoms with van der Waals surface area (Å²) in [6, 6.07) is 8.85. The number of aromatic hydroxyl groups is 2. The van der Waals surface area contributed by atoms with Gasteiger partial charge < -0.3 is 10.2 Å². The monoisotopic (exact) mass is 590 g/mol. The molecule has 2 fully saturated rings. The van der Waals surface area contributed by atoms with E-state index in [1.807, 2.05) is 12.4 Å². The predicted octanol–water partition coefficient (Wildman–Crippen LogP) is 7.63. The van der Waals surface area contributed by atoms with Gasteiger partial charge in [0.25, 0.3) is 0 Å². The zero-order chi connectivity index (χ0) is 30.8. The topological polar surface area (TPSA) is 65.2 Å². The first-order valence-electron chi connectivity index (χ1n) is 15.5. The van der Waals surface area contributed by atoms with Gasteiger partial charge in [-0.2, -0.15) is 0 Å². The van der Waals surface area contributed by atoms with E-state index in [-0.39, 0.29) is 22.4 Å². The smallest absolute Gasteiger partial charge is 0.128 e. The number of hydrogen-bond acceptors (Lipinski definition) is 4. The number of phenols is 2. The summed E-state index contributed by atoms with van der Waals surface area (Å²) in [4.78, 5) is 10.4. The molecule has 0 amide bonds. The Morgan fingerprint density at radius 3 is 1.63 bits per heavy atom. The molecule has 4 nitrogen and oxygen atoms in total. The Labute approximate surface area is 251 Å². The van der Waals surface area contributed by atoms with Gasteiger partial charge in [0.15, 0.2) is 0 Å². The quantitative estimate of drug-likeness (QED) is 0.268. The van der Waals surface area contributed by atoms with Crippen LogP contribution in [0.2, 0.25) is 39.3 Å². The second kappa shape index (κ2) is 10.5. The maximum Gasteiger partial charge on any atom is 0.128 e. The number of fused-ring (bicyclic) bond motifs is 2. The first-order valence-corrected chi connectivity index (χ1v) is 22.5. The molecule has 0 spiro atoms. The summed E-state index contributed by atoms with van der Waals surface area (Å²) in [6.45, 7) is 27.1. The number of aliphatic imine (C=N–C) groups is 2. The van der Waals surface area contributed by atoms with E-state index in [1.54, 1.807) is 0 Å². The van der Waals surface area contributed by atoms with Crippen LogP contribution in [0, 0.1) is 5.92 Å². The van der Waals surface area contributed by atoms with Gasteiger partial charge in [-0.05, 0) is 53.6 Å². The molecule has 2 aromatic rings. The maximum absolute atomic E-state index is 11.4. The molecule has 2 saturated carbocycles. The molecule has 0 heterocycles. The average Bonchev–Trinajstić information content (AvgIpc) is 3.38. The van der Waals surface area contributed by atoms with Crippen molar-refractivity contribution in [2.24, 2.45) is 15.9 Å². The van der Waals surface area contributed by atoms with Crippen molar-refractivity contribution in [3.05, 3.63) is 46.5 Å². The van der Waals surface area contributed by atoms with Crippen molar-refractivity contribution in [3.63, 3.8) is 0 Å². The lowest BCUT2D eigenvalue weighted by atomic mass is 9.85. The van der Waals surface area contributed by atoms with Crippen molar-refractivity contribution >= 4 is 39.0 Å². The van der Waals surface area contributed by atoms with Gasteiger partial charge in [-0.3, -0.25) is 9.98 Å². The van der Waals surface area contributed by atoms with Gasteiger partial charge in [-0.1, -0.05) is 115 Å². The fraction of sp³-hybridized carbons (Fsp3) is 0.600. The van der Waals surface area contributed by atoms with E-state index >= 15 is 0 Å². The Bertz CT molecular complexity index is 1370. The summed E-state index contributed by atoms with van der Waals surface area (Å²) in [7, 11) is -3.20. The highest BCUT2D eigenvalue weighted by molar-refractivity contribution is 6.89. The first-order chi connectivity index (χ1) is 18.6. The van der Waals surface area contributed by atoms with E-state index in [9.17, 15) is 10.2 Å². The van der Waals surface area contributed by atoms with E-state index in [4.69, 9.17) is 9.98 Å². The van der Waals surface area contributed by atoms with Gasteiger partial charge in [-0.25, -0.2) is 0 Å². The number of benzene rings is 2. The van der Waals surface area contributed by atoms with Crippen LogP contribution in [0.3, 0.4) is 0 Å². The van der Waals surface area contributed by atoms with Crippen LogP contribution in [-0.4, -0.2) is 50.4 Å². The van der Waals surface area contributed by atoms with Gasteiger partial charge >= 0.3 is 0 Å². The minimum absolute atomic E-state index is 0.0786. The van der Waals surface area contributed by atoms with Crippen LogP contribution in [0.1, 0.15) is 89.5 Å². The summed E-state index contributed by atoms with van der Waals surface area (Å²) < 4.78 is 0. The summed E-state index contributed by atoms with van der Waals surface area (Å²) in [6.07, 6.45) is 8.15. The zero-order valence-electron chi connectivity index (χ0n) is 27.7. The minimum atomic E-state index is -1.60. The van der Waals surface area contributed by atoms with Gasteiger partial charge in [0.05, 0.1) is 27.7 Å². The van der Waals surface area contributed by atoms with Crippen molar-refractivity contribution < 1.29 is 10.2 Å². The summed E-state index contributed by atoms with van der Waals surface area (Å²) >= 11 is 0. The Morgan fingerprint density at radius 1 is 0.756 bits per heavy atom.